The van der Waals surface area contributed by atoms with E-state index in [4.69, 9.17) is 11.6 Å². The average Bonchev–Trinajstić information content (AvgIpc) is 2.48. The first kappa shape index (κ1) is 22.6. The quantitative estimate of drug-likeness (QED) is 0.555. The summed E-state index contributed by atoms with van der Waals surface area (Å²) in [6.07, 6.45) is 0.557. The minimum atomic E-state index is -0.203. The third-order valence-electron chi connectivity index (χ3n) is 5.14. The maximum absolute atomic E-state index is 10.9. The van der Waals surface area contributed by atoms with Crippen molar-refractivity contribution in [2.75, 3.05) is 0 Å². The molecule has 0 fully saturated rings. The first-order chi connectivity index (χ1) is 12.5. The Bertz CT molecular complexity index is 840. The van der Waals surface area contributed by atoms with Crippen molar-refractivity contribution in [3.05, 3.63) is 57.1 Å². The SMILES string of the molecule is CC(C)(C)c1cc(Cl)cc(Cc2cc(C(C)(C)C)c(O)c(C(C)(C)C)c2)c1O. The molecule has 0 unspecified atom stereocenters. The Kier molecular flexibility index (Phi) is 5.89. The average molecular weight is 403 g/mol. The number of hydrogen-bond donors (Lipinski definition) is 2. The van der Waals surface area contributed by atoms with Gasteiger partial charge in [0, 0.05) is 22.6 Å². The highest BCUT2D eigenvalue weighted by molar-refractivity contribution is 6.30. The molecule has 3 heteroatoms. The van der Waals surface area contributed by atoms with Crippen LogP contribution in [0.2, 0.25) is 5.02 Å². The smallest absolute Gasteiger partial charge is 0.123 e. The molecule has 0 saturated heterocycles. The number of hydrogen-bond acceptors (Lipinski definition) is 2. The number of aromatic hydroxyl groups is 2. The monoisotopic (exact) mass is 402 g/mol. The summed E-state index contributed by atoms with van der Waals surface area (Å²) in [6, 6.07) is 7.80. The summed E-state index contributed by atoms with van der Waals surface area (Å²) in [5.41, 5.74) is 3.99. The van der Waals surface area contributed by atoms with Crippen LogP contribution in [0.25, 0.3) is 0 Å². The van der Waals surface area contributed by atoms with Crippen LogP contribution >= 0.6 is 11.6 Å². The van der Waals surface area contributed by atoms with Crippen LogP contribution in [0.15, 0.2) is 24.3 Å². The molecule has 2 aromatic rings. The van der Waals surface area contributed by atoms with E-state index in [9.17, 15) is 10.2 Å². The fourth-order valence-electron chi connectivity index (χ4n) is 3.52. The van der Waals surface area contributed by atoms with Crippen LogP contribution in [0.3, 0.4) is 0 Å². The summed E-state index contributed by atoms with van der Waals surface area (Å²) in [6.45, 7) is 18.8. The third kappa shape index (κ3) is 4.84. The van der Waals surface area contributed by atoms with Crippen molar-refractivity contribution in [1.29, 1.82) is 0 Å². The van der Waals surface area contributed by atoms with Gasteiger partial charge < -0.3 is 10.2 Å². The molecule has 0 bridgehead atoms. The zero-order chi connectivity index (χ0) is 21.7. The van der Waals surface area contributed by atoms with Crippen LogP contribution in [-0.4, -0.2) is 10.2 Å². The third-order valence-corrected chi connectivity index (χ3v) is 5.36. The zero-order valence-electron chi connectivity index (χ0n) is 18.8. The molecule has 2 rings (SSSR count). The Hall–Kier alpha value is -1.67. The number of benzene rings is 2. The lowest BCUT2D eigenvalue weighted by Gasteiger charge is -2.28. The van der Waals surface area contributed by atoms with Crippen LogP contribution < -0.4 is 0 Å². The summed E-state index contributed by atoms with van der Waals surface area (Å²) in [5.74, 6) is 0.675. The summed E-state index contributed by atoms with van der Waals surface area (Å²) in [4.78, 5) is 0. The fourth-order valence-corrected chi connectivity index (χ4v) is 3.76. The van der Waals surface area contributed by atoms with Crippen molar-refractivity contribution >= 4 is 11.6 Å². The molecule has 0 aromatic heterocycles. The standard InChI is InChI=1S/C25H35ClO2/c1-23(2,3)18-11-15(12-19(22(18)28)24(4,5)6)10-16-13-17(26)14-20(21(16)27)25(7,8)9/h11-14,27-28H,10H2,1-9H3. The Balaban J connectivity index is 2.67. The van der Waals surface area contributed by atoms with E-state index >= 15 is 0 Å². The van der Waals surface area contributed by atoms with E-state index in [2.05, 4.69) is 74.4 Å². The van der Waals surface area contributed by atoms with E-state index in [0.29, 0.717) is 22.9 Å². The fraction of sp³-hybridized carbons (Fsp3) is 0.520. The van der Waals surface area contributed by atoms with Crippen molar-refractivity contribution in [1.82, 2.24) is 0 Å². The van der Waals surface area contributed by atoms with Gasteiger partial charge in [-0.15, -0.1) is 0 Å². The molecule has 0 radical (unpaired) electrons. The van der Waals surface area contributed by atoms with E-state index in [-0.39, 0.29) is 16.2 Å². The van der Waals surface area contributed by atoms with E-state index in [0.717, 1.165) is 27.8 Å². The van der Waals surface area contributed by atoms with Gasteiger partial charge in [0.1, 0.15) is 11.5 Å². The van der Waals surface area contributed by atoms with Gasteiger partial charge in [-0.2, -0.15) is 0 Å². The maximum atomic E-state index is 10.9. The van der Waals surface area contributed by atoms with Gasteiger partial charge >= 0.3 is 0 Å². The number of phenols is 2. The molecule has 2 N–H and O–H groups in total. The van der Waals surface area contributed by atoms with E-state index < -0.39 is 0 Å². The highest BCUT2D eigenvalue weighted by Gasteiger charge is 2.27. The zero-order valence-corrected chi connectivity index (χ0v) is 19.5. The number of rotatable bonds is 2. The summed E-state index contributed by atoms with van der Waals surface area (Å²) >= 11 is 6.38. The lowest BCUT2D eigenvalue weighted by molar-refractivity contribution is 0.422. The molecule has 154 valence electrons. The second-order valence-electron chi connectivity index (χ2n) is 10.9. The Morgan fingerprint density at radius 3 is 1.43 bits per heavy atom. The molecular weight excluding hydrogens is 368 g/mol. The second kappa shape index (κ2) is 7.30. The van der Waals surface area contributed by atoms with Crippen molar-refractivity contribution in [3.63, 3.8) is 0 Å². The van der Waals surface area contributed by atoms with Crippen LogP contribution in [0.5, 0.6) is 11.5 Å². The summed E-state index contributed by atoms with van der Waals surface area (Å²) < 4.78 is 0. The van der Waals surface area contributed by atoms with Crippen molar-refractivity contribution in [3.8, 4) is 11.5 Å². The second-order valence-corrected chi connectivity index (χ2v) is 11.4. The molecule has 0 amide bonds. The van der Waals surface area contributed by atoms with Crippen LogP contribution in [-0.2, 0) is 22.7 Å². The largest absolute Gasteiger partial charge is 0.507 e. The Morgan fingerprint density at radius 2 is 1.04 bits per heavy atom. The van der Waals surface area contributed by atoms with Crippen molar-refractivity contribution in [2.45, 2.75) is 85.0 Å². The van der Waals surface area contributed by atoms with E-state index in [1.165, 1.54) is 0 Å². The van der Waals surface area contributed by atoms with Gasteiger partial charge in [-0.25, -0.2) is 0 Å². The predicted molar refractivity (Wildman–Crippen MR) is 120 cm³/mol. The van der Waals surface area contributed by atoms with Gasteiger partial charge in [0.2, 0.25) is 0 Å². The normalized spacial score (nSPS) is 13.1. The predicted octanol–water partition coefficient (Wildman–Crippen LogP) is 7.23. The van der Waals surface area contributed by atoms with Gasteiger partial charge in [-0.05, 0) is 45.1 Å². The maximum Gasteiger partial charge on any atom is 0.123 e. The molecule has 0 aliphatic carbocycles. The highest BCUT2D eigenvalue weighted by Crippen LogP contribution is 2.41. The highest BCUT2D eigenvalue weighted by atomic mass is 35.5. The number of halogens is 1. The molecule has 28 heavy (non-hydrogen) atoms. The molecule has 2 aromatic carbocycles. The topological polar surface area (TPSA) is 40.5 Å². The lowest BCUT2D eigenvalue weighted by atomic mass is 9.77. The molecule has 2 nitrogen and oxygen atoms in total. The summed E-state index contributed by atoms with van der Waals surface area (Å²) in [5, 5.41) is 22.5. The molecule has 0 spiro atoms. The van der Waals surface area contributed by atoms with Crippen LogP contribution in [0.1, 0.15) is 90.1 Å². The Labute approximate surface area is 175 Å². The van der Waals surface area contributed by atoms with Gasteiger partial charge in [0.05, 0.1) is 0 Å². The van der Waals surface area contributed by atoms with Crippen LogP contribution in [0.4, 0.5) is 0 Å². The number of phenolic OH excluding ortho intramolecular Hbond substituents is 2. The minimum Gasteiger partial charge on any atom is -0.507 e. The molecule has 0 aliphatic rings. The first-order valence-electron chi connectivity index (χ1n) is 9.90. The van der Waals surface area contributed by atoms with Crippen molar-refractivity contribution in [2.24, 2.45) is 0 Å². The van der Waals surface area contributed by atoms with Gasteiger partial charge in [0.15, 0.2) is 0 Å². The molecule has 0 atom stereocenters. The van der Waals surface area contributed by atoms with E-state index in [1.807, 2.05) is 12.1 Å². The van der Waals surface area contributed by atoms with Crippen molar-refractivity contribution < 1.29 is 10.2 Å². The first-order valence-corrected chi connectivity index (χ1v) is 10.3. The van der Waals surface area contributed by atoms with Crippen LogP contribution in [0, 0.1) is 0 Å². The van der Waals surface area contributed by atoms with E-state index in [1.54, 1.807) is 0 Å². The Morgan fingerprint density at radius 1 is 0.643 bits per heavy atom. The van der Waals surface area contributed by atoms with Gasteiger partial charge in [-0.3, -0.25) is 0 Å². The minimum absolute atomic E-state index is 0.187. The van der Waals surface area contributed by atoms with Gasteiger partial charge in [0.25, 0.3) is 0 Å². The van der Waals surface area contributed by atoms with Gasteiger partial charge in [-0.1, -0.05) is 86.0 Å². The molecule has 0 heterocycles. The lowest BCUT2D eigenvalue weighted by Crippen LogP contribution is -2.18. The molecule has 0 saturated carbocycles. The molecular formula is C25H35ClO2. The summed E-state index contributed by atoms with van der Waals surface area (Å²) in [7, 11) is 0. The molecule has 0 aliphatic heterocycles.